The smallest absolute Gasteiger partial charge is 0.305 e. The lowest BCUT2D eigenvalue weighted by molar-refractivity contribution is -0.147. The molecule has 2 aliphatic rings. The SMILES string of the molecule is COC(=O)CCc1ccc(C#Cc2ccc(S(=O)(=O)NC3CCC(C(=O)N4CCOC[C@@H]4C(C)C)CC3)cc2N)cc1. The lowest BCUT2D eigenvalue weighted by atomic mass is 9.85. The number of nitrogen functional groups attached to an aromatic ring is 1. The van der Waals surface area contributed by atoms with Gasteiger partial charge in [-0.05, 0) is 73.9 Å². The van der Waals surface area contributed by atoms with E-state index in [1.807, 2.05) is 29.2 Å². The molecule has 1 saturated heterocycles. The molecule has 1 atom stereocenters. The van der Waals surface area contributed by atoms with Crippen LogP contribution < -0.4 is 10.5 Å². The van der Waals surface area contributed by atoms with Crippen LogP contribution in [0.1, 0.15) is 62.6 Å². The maximum Gasteiger partial charge on any atom is 0.305 e. The number of esters is 1. The van der Waals surface area contributed by atoms with Crippen molar-refractivity contribution in [3.63, 3.8) is 0 Å². The highest BCUT2D eigenvalue weighted by atomic mass is 32.2. The maximum absolute atomic E-state index is 13.3. The maximum atomic E-state index is 13.3. The average molecular weight is 596 g/mol. The summed E-state index contributed by atoms with van der Waals surface area (Å²) in [4.78, 5) is 26.6. The first-order valence-corrected chi connectivity index (χ1v) is 16.0. The molecule has 2 aromatic rings. The number of sulfonamides is 1. The van der Waals surface area contributed by atoms with E-state index in [2.05, 4.69) is 35.1 Å². The summed E-state index contributed by atoms with van der Waals surface area (Å²) >= 11 is 0. The zero-order chi connectivity index (χ0) is 30.3. The van der Waals surface area contributed by atoms with Crippen LogP contribution in [0.25, 0.3) is 0 Å². The molecule has 42 heavy (non-hydrogen) atoms. The minimum Gasteiger partial charge on any atom is -0.469 e. The van der Waals surface area contributed by atoms with E-state index in [0.29, 0.717) is 69.8 Å². The summed E-state index contributed by atoms with van der Waals surface area (Å²) in [6.45, 7) is 5.95. The molecule has 1 aliphatic heterocycles. The second-order valence-electron chi connectivity index (χ2n) is 11.4. The van der Waals surface area contributed by atoms with Gasteiger partial charge in [0, 0.05) is 41.7 Å². The molecule has 0 radical (unpaired) electrons. The second kappa shape index (κ2) is 14.2. The number of aryl methyl sites for hydroxylation is 1. The van der Waals surface area contributed by atoms with Gasteiger partial charge in [0.1, 0.15) is 0 Å². The summed E-state index contributed by atoms with van der Waals surface area (Å²) in [6.07, 6.45) is 3.41. The number of hydrogen-bond donors (Lipinski definition) is 2. The van der Waals surface area contributed by atoms with Crippen molar-refractivity contribution in [1.82, 2.24) is 9.62 Å². The van der Waals surface area contributed by atoms with Gasteiger partial charge in [-0.15, -0.1) is 0 Å². The summed E-state index contributed by atoms with van der Waals surface area (Å²) in [7, 11) is -2.41. The van der Waals surface area contributed by atoms with Gasteiger partial charge in [0.25, 0.3) is 0 Å². The predicted octanol–water partition coefficient (Wildman–Crippen LogP) is 3.49. The number of benzene rings is 2. The number of ether oxygens (including phenoxy) is 2. The highest BCUT2D eigenvalue weighted by molar-refractivity contribution is 7.89. The Hall–Kier alpha value is -3.39. The van der Waals surface area contributed by atoms with E-state index in [1.54, 1.807) is 6.07 Å². The Morgan fingerprint density at radius 1 is 1.10 bits per heavy atom. The molecule has 2 aromatic carbocycles. The first kappa shape index (κ1) is 31.5. The third-order valence-electron chi connectivity index (χ3n) is 8.09. The van der Waals surface area contributed by atoms with Gasteiger partial charge in [-0.2, -0.15) is 0 Å². The number of anilines is 1. The number of amides is 1. The molecule has 226 valence electrons. The number of rotatable bonds is 8. The predicted molar refractivity (Wildman–Crippen MR) is 161 cm³/mol. The molecule has 4 rings (SSSR count). The van der Waals surface area contributed by atoms with Crippen molar-refractivity contribution in [2.24, 2.45) is 11.8 Å². The third kappa shape index (κ3) is 8.12. The first-order valence-electron chi connectivity index (χ1n) is 14.5. The van der Waals surface area contributed by atoms with Gasteiger partial charge < -0.3 is 20.1 Å². The number of nitrogens with zero attached hydrogens (tertiary/aromatic N) is 1. The fourth-order valence-corrected chi connectivity index (χ4v) is 6.83. The zero-order valence-corrected chi connectivity index (χ0v) is 25.4. The largest absolute Gasteiger partial charge is 0.469 e. The van der Waals surface area contributed by atoms with Crippen LogP contribution in [0.2, 0.25) is 0 Å². The fraction of sp³-hybridized carbons (Fsp3) is 0.500. The van der Waals surface area contributed by atoms with Crippen molar-refractivity contribution in [1.29, 1.82) is 0 Å². The van der Waals surface area contributed by atoms with E-state index in [9.17, 15) is 18.0 Å². The van der Waals surface area contributed by atoms with E-state index in [4.69, 9.17) is 10.5 Å². The Kier molecular flexibility index (Phi) is 10.7. The van der Waals surface area contributed by atoms with Crippen LogP contribution in [0.3, 0.4) is 0 Å². The van der Waals surface area contributed by atoms with Gasteiger partial charge in [0.05, 0.1) is 31.3 Å². The summed E-state index contributed by atoms with van der Waals surface area (Å²) in [5.41, 5.74) is 8.78. The van der Waals surface area contributed by atoms with E-state index >= 15 is 0 Å². The molecule has 1 heterocycles. The lowest BCUT2D eigenvalue weighted by Gasteiger charge is -2.41. The summed E-state index contributed by atoms with van der Waals surface area (Å²) < 4.78 is 39.4. The van der Waals surface area contributed by atoms with Gasteiger partial charge in [-0.25, -0.2) is 13.1 Å². The Labute approximate surface area is 249 Å². The Balaban J connectivity index is 1.32. The number of nitrogens with two attached hydrogens (primary N) is 1. The molecule has 3 N–H and O–H groups in total. The molecule has 1 aliphatic carbocycles. The van der Waals surface area contributed by atoms with Crippen LogP contribution in [-0.2, 0) is 35.5 Å². The van der Waals surface area contributed by atoms with Crippen molar-refractivity contribution in [3.8, 4) is 11.8 Å². The monoisotopic (exact) mass is 595 g/mol. The first-order chi connectivity index (χ1) is 20.1. The van der Waals surface area contributed by atoms with E-state index in [1.165, 1.54) is 19.2 Å². The van der Waals surface area contributed by atoms with E-state index in [-0.39, 0.29) is 40.5 Å². The third-order valence-corrected chi connectivity index (χ3v) is 9.61. The molecule has 1 amide bonds. The Bertz CT molecular complexity index is 1420. The molecule has 10 heteroatoms. The number of carbonyl (C=O) groups excluding carboxylic acids is 2. The van der Waals surface area contributed by atoms with Gasteiger partial charge in [-0.3, -0.25) is 9.59 Å². The topological polar surface area (TPSA) is 128 Å². The van der Waals surface area contributed by atoms with Gasteiger partial charge in [0.2, 0.25) is 15.9 Å². The zero-order valence-electron chi connectivity index (χ0n) is 24.6. The molecule has 2 fully saturated rings. The van der Waals surface area contributed by atoms with Crippen molar-refractivity contribution in [2.45, 2.75) is 69.4 Å². The quantitative estimate of drug-likeness (QED) is 0.272. The van der Waals surface area contributed by atoms with Crippen LogP contribution in [-0.4, -0.2) is 64.1 Å². The van der Waals surface area contributed by atoms with E-state index in [0.717, 1.165) is 11.1 Å². The van der Waals surface area contributed by atoms with Gasteiger partial charge in [-0.1, -0.05) is 37.8 Å². The molecule has 9 nitrogen and oxygen atoms in total. The van der Waals surface area contributed by atoms with Crippen LogP contribution in [0.4, 0.5) is 5.69 Å². The van der Waals surface area contributed by atoms with Crippen molar-refractivity contribution < 1.29 is 27.5 Å². The highest BCUT2D eigenvalue weighted by Crippen LogP contribution is 2.29. The summed E-state index contributed by atoms with van der Waals surface area (Å²) in [6, 6.07) is 12.0. The number of hydrogen-bond acceptors (Lipinski definition) is 7. The average Bonchev–Trinajstić information content (AvgIpc) is 2.99. The van der Waals surface area contributed by atoms with Crippen LogP contribution >= 0.6 is 0 Å². The Morgan fingerprint density at radius 3 is 2.45 bits per heavy atom. The van der Waals surface area contributed by atoms with Crippen molar-refractivity contribution in [2.75, 3.05) is 32.6 Å². The fourth-order valence-electron chi connectivity index (χ4n) is 5.49. The van der Waals surface area contributed by atoms with Crippen LogP contribution in [0.15, 0.2) is 47.4 Å². The second-order valence-corrected chi connectivity index (χ2v) is 13.1. The number of nitrogens with one attached hydrogen (secondary N) is 1. The molecular formula is C32H41N3O6S. The number of methoxy groups -OCH3 is 1. The van der Waals surface area contributed by atoms with Crippen LogP contribution in [0.5, 0.6) is 0 Å². The number of carbonyl (C=O) groups is 2. The summed E-state index contributed by atoms with van der Waals surface area (Å²) in [5, 5.41) is 0. The summed E-state index contributed by atoms with van der Waals surface area (Å²) in [5.74, 6) is 6.21. The van der Waals surface area contributed by atoms with Crippen molar-refractivity contribution >= 4 is 27.6 Å². The highest BCUT2D eigenvalue weighted by Gasteiger charge is 2.36. The van der Waals surface area contributed by atoms with E-state index < -0.39 is 10.0 Å². The van der Waals surface area contributed by atoms with Crippen LogP contribution in [0, 0.1) is 23.7 Å². The van der Waals surface area contributed by atoms with Gasteiger partial charge in [0.15, 0.2) is 0 Å². The number of morpholine rings is 1. The van der Waals surface area contributed by atoms with Crippen molar-refractivity contribution in [3.05, 3.63) is 59.2 Å². The lowest BCUT2D eigenvalue weighted by Crippen LogP contribution is -2.53. The molecule has 0 spiro atoms. The molecule has 1 saturated carbocycles. The minimum atomic E-state index is -3.79. The normalized spacial score (nSPS) is 21.0. The molecule has 0 unspecified atom stereocenters. The Morgan fingerprint density at radius 2 is 1.81 bits per heavy atom. The van der Waals surface area contributed by atoms with Gasteiger partial charge >= 0.3 is 5.97 Å². The standard InChI is InChI=1S/C32H41N3O6S/c1-22(2)30-21-41-19-18-35(30)32(37)26-11-14-27(15-12-26)34-42(38,39)28-16-13-25(29(33)20-28)10-8-23-4-6-24(7-5-23)9-17-31(36)40-3/h4-7,13,16,20,22,26-27,30,34H,9,11-12,14-15,17-19,21,33H2,1-3H3/t26?,27?,30-/m1/s1. The molecular weight excluding hydrogens is 554 g/mol. The minimum absolute atomic E-state index is 0.0883. The molecule has 0 aromatic heterocycles. The molecule has 0 bridgehead atoms.